The van der Waals surface area contributed by atoms with E-state index in [1.54, 1.807) is 35.2 Å². The molecule has 3 fully saturated rings. The van der Waals surface area contributed by atoms with E-state index < -0.39 is 11.4 Å². The van der Waals surface area contributed by atoms with Gasteiger partial charge in [0.15, 0.2) is 12.6 Å². The first-order chi connectivity index (χ1) is 51.6. The predicted octanol–water partition coefficient (Wildman–Crippen LogP) is 23.3. The topological polar surface area (TPSA) is 233 Å². The number of hydrogen-bond acceptors (Lipinski definition) is 18. The standard InChI is InChI=1S/2C18H28O2.C13H24O2.C10H20O2.3C9H18O3.C6H12O2/c2*1-4-14(2)16-10-12-18(13-11-16)20-15(3)19-17-8-6-5-7-9-17;1-5-12(3,4)11(14)15-13(6-2)9-7-8-10-13;1-7-10(5,6)8(11)12-9(2,3)4;3*1-5-9(2,3)8(10)12-7-6-11-4;1-4-6(2,3)5(7)8/h2*10-15,17H,4-9H2,1-3H3;5-10H2,1-4H3;7H2,1-6H3;3*5-7H2,1-4H3;4H2,1-3H3,(H,7,8). The molecule has 0 spiro atoms. The Bertz CT molecular complexity index is 2580. The number of ether oxygens (including phenoxy) is 12. The summed E-state index contributed by atoms with van der Waals surface area (Å²) in [5.74, 6) is 1.72. The van der Waals surface area contributed by atoms with Crippen molar-refractivity contribution in [1.29, 1.82) is 0 Å². The summed E-state index contributed by atoms with van der Waals surface area (Å²) in [6.07, 6.45) is 25.6. The van der Waals surface area contributed by atoms with E-state index in [1.165, 1.54) is 101 Å². The summed E-state index contributed by atoms with van der Waals surface area (Å²) in [7, 11) is 4.75. The number of carboxylic acid groups (broad SMARTS) is 1. The molecule has 4 unspecified atom stereocenters. The number of rotatable bonds is 35. The highest BCUT2D eigenvalue weighted by molar-refractivity contribution is 5.78. The second-order valence-electron chi connectivity index (χ2n) is 34.7. The molecule has 0 bridgehead atoms. The number of carbonyl (C=O) groups excluding carboxylic acids is 5. The number of benzene rings is 2. The smallest absolute Gasteiger partial charge is 0.312 e. The average Bonchev–Trinajstić information content (AvgIpc) is 1.73. The molecule has 0 aromatic heterocycles. The van der Waals surface area contributed by atoms with Gasteiger partial charge < -0.3 is 61.9 Å². The molecule has 3 saturated carbocycles. The van der Waals surface area contributed by atoms with E-state index in [1.807, 2.05) is 145 Å². The lowest BCUT2D eigenvalue weighted by Crippen LogP contribution is -2.37. The lowest BCUT2D eigenvalue weighted by atomic mass is 9.89. The second kappa shape index (κ2) is 57.7. The lowest BCUT2D eigenvalue weighted by Gasteiger charge is -2.32. The van der Waals surface area contributed by atoms with Crippen molar-refractivity contribution in [2.45, 2.75) is 389 Å². The van der Waals surface area contributed by atoms with Crippen LogP contribution in [0, 0.1) is 32.5 Å². The zero-order valence-electron chi connectivity index (χ0n) is 76.4. The molecule has 111 heavy (non-hydrogen) atoms. The third kappa shape index (κ3) is 49.2. The van der Waals surface area contributed by atoms with Crippen LogP contribution >= 0.6 is 0 Å². The van der Waals surface area contributed by atoms with Gasteiger partial charge in [-0.05, 0) is 274 Å². The van der Waals surface area contributed by atoms with Crippen LogP contribution in [-0.2, 0) is 76.1 Å². The number of carbonyl (C=O) groups is 6. The molecular formula is C92H166O19. The molecule has 0 amide bonds. The largest absolute Gasteiger partial charge is 0.481 e. The van der Waals surface area contributed by atoms with Gasteiger partial charge in [0.25, 0.3) is 0 Å². The first-order valence-corrected chi connectivity index (χ1v) is 42.2. The molecule has 0 radical (unpaired) electrons. The molecule has 2 aromatic rings. The Hall–Kier alpha value is -5.34. The van der Waals surface area contributed by atoms with Crippen LogP contribution in [0.4, 0.5) is 0 Å². The van der Waals surface area contributed by atoms with Crippen molar-refractivity contribution in [3.63, 3.8) is 0 Å². The maximum absolute atomic E-state index is 12.0. The fraction of sp³-hybridized carbons (Fsp3) is 0.804. The minimum absolute atomic E-state index is 0.0197. The highest BCUT2D eigenvalue weighted by atomic mass is 16.7. The normalized spacial score (nSPS) is 15.7. The molecule has 3 aliphatic carbocycles. The molecule has 648 valence electrons. The molecule has 1 N–H and O–H groups in total. The van der Waals surface area contributed by atoms with E-state index in [2.05, 4.69) is 83.1 Å². The van der Waals surface area contributed by atoms with Gasteiger partial charge in [0.1, 0.15) is 42.5 Å². The summed E-state index contributed by atoms with van der Waals surface area (Å²) in [5, 5.41) is 8.44. The van der Waals surface area contributed by atoms with Gasteiger partial charge in [-0.3, -0.25) is 28.8 Å². The Morgan fingerprint density at radius 3 is 0.901 bits per heavy atom. The quantitative estimate of drug-likeness (QED) is 0.0292. The minimum atomic E-state index is -0.722. The molecule has 0 saturated heterocycles. The Balaban J connectivity index is -0.00000122. The van der Waals surface area contributed by atoms with Gasteiger partial charge >= 0.3 is 35.8 Å². The van der Waals surface area contributed by atoms with Crippen molar-refractivity contribution in [2.75, 3.05) is 61.0 Å². The molecule has 0 heterocycles. The van der Waals surface area contributed by atoms with E-state index in [-0.39, 0.29) is 80.7 Å². The van der Waals surface area contributed by atoms with Gasteiger partial charge in [-0.25, -0.2) is 0 Å². The zero-order chi connectivity index (χ0) is 85.9. The van der Waals surface area contributed by atoms with Crippen LogP contribution in [0.15, 0.2) is 48.5 Å². The van der Waals surface area contributed by atoms with Crippen molar-refractivity contribution >= 4 is 35.8 Å². The third-order valence-electron chi connectivity index (χ3n) is 21.7. The zero-order valence-corrected chi connectivity index (χ0v) is 76.4. The van der Waals surface area contributed by atoms with Gasteiger partial charge in [-0.15, -0.1) is 0 Å². The van der Waals surface area contributed by atoms with E-state index in [0.29, 0.717) is 70.1 Å². The molecule has 4 atom stereocenters. The molecule has 19 nitrogen and oxygen atoms in total. The van der Waals surface area contributed by atoms with Gasteiger partial charge in [0, 0.05) is 21.3 Å². The number of aliphatic carboxylic acids is 1. The summed E-state index contributed by atoms with van der Waals surface area (Å²) in [5.41, 5.74) is -0.0817. The summed E-state index contributed by atoms with van der Waals surface area (Å²) in [4.78, 5) is 67.6. The van der Waals surface area contributed by atoms with Crippen LogP contribution in [0.2, 0.25) is 0 Å². The maximum atomic E-state index is 12.0. The predicted molar refractivity (Wildman–Crippen MR) is 450 cm³/mol. The van der Waals surface area contributed by atoms with Gasteiger partial charge in [0.2, 0.25) is 0 Å². The van der Waals surface area contributed by atoms with Crippen LogP contribution < -0.4 is 9.47 Å². The fourth-order valence-corrected chi connectivity index (χ4v) is 10.0. The maximum Gasteiger partial charge on any atom is 0.312 e. The average molecular weight is 1580 g/mol. The first-order valence-electron chi connectivity index (χ1n) is 42.2. The lowest BCUT2D eigenvalue weighted by molar-refractivity contribution is -0.171. The second-order valence-corrected chi connectivity index (χ2v) is 34.7. The van der Waals surface area contributed by atoms with E-state index in [9.17, 15) is 28.8 Å². The first kappa shape index (κ1) is 110. The van der Waals surface area contributed by atoms with Crippen LogP contribution in [0.25, 0.3) is 0 Å². The summed E-state index contributed by atoms with van der Waals surface area (Å²) >= 11 is 0. The van der Waals surface area contributed by atoms with Crippen molar-refractivity contribution in [2.24, 2.45) is 32.5 Å². The molecule has 0 aliphatic heterocycles. The van der Waals surface area contributed by atoms with E-state index in [0.717, 1.165) is 62.9 Å². The molecule has 3 aliphatic rings. The molecular weight excluding hydrogens is 1410 g/mol. The van der Waals surface area contributed by atoms with Gasteiger partial charge in [-0.1, -0.05) is 139 Å². The van der Waals surface area contributed by atoms with Crippen LogP contribution in [0.3, 0.4) is 0 Å². The van der Waals surface area contributed by atoms with E-state index >= 15 is 0 Å². The van der Waals surface area contributed by atoms with Crippen molar-refractivity contribution in [1.82, 2.24) is 0 Å². The van der Waals surface area contributed by atoms with Crippen LogP contribution in [-0.4, -0.2) is 138 Å². The van der Waals surface area contributed by atoms with E-state index in [4.69, 9.17) is 61.9 Å². The van der Waals surface area contributed by atoms with Crippen molar-refractivity contribution in [3.05, 3.63) is 59.7 Å². The molecule has 19 heteroatoms. The van der Waals surface area contributed by atoms with Crippen molar-refractivity contribution < 1.29 is 90.7 Å². The molecule has 5 rings (SSSR count). The Morgan fingerprint density at radius 1 is 0.387 bits per heavy atom. The number of esters is 5. The minimum Gasteiger partial charge on any atom is -0.481 e. The summed E-state index contributed by atoms with van der Waals surface area (Å²) in [6, 6.07) is 16.9. The Morgan fingerprint density at radius 2 is 0.667 bits per heavy atom. The number of methoxy groups -OCH3 is 3. The monoisotopic (exact) mass is 1580 g/mol. The van der Waals surface area contributed by atoms with Crippen LogP contribution in [0.1, 0.15) is 365 Å². The Labute approximate surface area is 677 Å². The third-order valence-corrected chi connectivity index (χ3v) is 21.7. The van der Waals surface area contributed by atoms with Crippen LogP contribution in [0.5, 0.6) is 11.5 Å². The summed E-state index contributed by atoms with van der Waals surface area (Å²) < 4.78 is 63.9. The summed E-state index contributed by atoms with van der Waals surface area (Å²) in [6.45, 7) is 57.4. The highest BCUT2D eigenvalue weighted by Gasteiger charge is 2.40. The highest BCUT2D eigenvalue weighted by Crippen LogP contribution is 2.39. The number of carboxylic acids is 1. The van der Waals surface area contributed by atoms with Gasteiger partial charge in [-0.2, -0.15) is 0 Å². The Kier molecular flexibility index (Phi) is 57.0. The molecule has 2 aromatic carbocycles. The van der Waals surface area contributed by atoms with Crippen molar-refractivity contribution in [3.8, 4) is 11.5 Å². The number of hydrogen-bond donors (Lipinski definition) is 1. The van der Waals surface area contributed by atoms with Gasteiger partial charge in [0.05, 0.1) is 64.5 Å². The SMILES string of the molecule is CCC(C)(C)C(=O)O.CCC(C)(C)C(=O)OC(C)(C)C.CCC(C)(C)C(=O)OCCOC.CCC(C)(C)C(=O)OCCOC.CCC(C)(C)C(=O)OCCOC.CCC(C)c1ccc(OC(C)OC2CCCCC2)cc1.CCC(C)c1ccc(OC(C)OC2CCCCC2)cc1.CCC1(OC(=O)C(C)(C)CC)CCCC1. The fourth-order valence-electron chi connectivity index (χ4n) is 10.0.